The molecule has 0 atom stereocenters. The zero-order valence-electron chi connectivity index (χ0n) is 5.76. The van der Waals surface area contributed by atoms with E-state index in [1.54, 1.807) is 0 Å². The Morgan fingerprint density at radius 1 is 1.42 bits per heavy atom. The Morgan fingerprint density at radius 3 is 2.58 bits per heavy atom. The summed E-state index contributed by atoms with van der Waals surface area (Å²) in [5, 5.41) is 11.0. The maximum Gasteiger partial charge on any atom is 0.175 e. The van der Waals surface area contributed by atoms with Crippen LogP contribution in [0.4, 0.5) is 4.39 Å². The Bertz CT molecular complexity index is 307. The first-order chi connectivity index (χ1) is 5.63. The van der Waals surface area contributed by atoms with Gasteiger partial charge in [-0.3, -0.25) is 0 Å². The minimum Gasteiger partial charge on any atom is -0.410 e. The molecule has 0 heterocycles. The fourth-order valence-corrected chi connectivity index (χ4v) is 1.06. The predicted octanol–water partition coefficient (Wildman–Crippen LogP) is 2.85. The molecule has 0 saturated carbocycles. The van der Waals surface area contributed by atoms with E-state index in [0.717, 1.165) is 12.1 Å². The second-order valence-electron chi connectivity index (χ2n) is 2.05. The lowest BCUT2D eigenvalue weighted by Crippen LogP contribution is -1.91. The van der Waals surface area contributed by atoms with Crippen molar-refractivity contribution >= 4 is 28.4 Å². The second kappa shape index (κ2) is 3.74. The predicted molar refractivity (Wildman–Crippen MR) is 45.6 cm³/mol. The second-order valence-corrected chi connectivity index (χ2v) is 2.84. The van der Waals surface area contributed by atoms with Crippen molar-refractivity contribution in [2.45, 2.75) is 0 Å². The van der Waals surface area contributed by atoms with Gasteiger partial charge in [0.25, 0.3) is 0 Å². The van der Waals surface area contributed by atoms with E-state index in [9.17, 15) is 4.39 Å². The Kier molecular flexibility index (Phi) is 2.89. The number of hydrogen-bond donors (Lipinski definition) is 1. The van der Waals surface area contributed by atoms with Crippen LogP contribution in [0.5, 0.6) is 0 Å². The van der Waals surface area contributed by atoms with Crippen LogP contribution in [0.3, 0.4) is 0 Å². The maximum absolute atomic E-state index is 12.6. The first-order valence-electron chi connectivity index (χ1n) is 2.97. The van der Waals surface area contributed by atoms with E-state index in [4.69, 9.17) is 28.4 Å². The lowest BCUT2D eigenvalue weighted by Gasteiger charge is -1.97. The third kappa shape index (κ3) is 2.09. The summed E-state index contributed by atoms with van der Waals surface area (Å²) in [4.78, 5) is 0. The zero-order chi connectivity index (χ0) is 9.14. The molecular formula is C7H4Cl2FNO. The summed E-state index contributed by atoms with van der Waals surface area (Å²) in [7, 11) is 0. The van der Waals surface area contributed by atoms with E-state index in [-0.39, 0.29) is 15.8 Å². The van der Waals surface area contributed by atoms with Crippen LogP contribution in [0.1, 0.15) is 5.56 Å². The van der Waals surface area contributed by atoms with Gasteiger partial charge in [-0.1, -0.05) is 28.4 Å². The van der Waals surface area contributed by atoms with Crippen molar-refractivity contribution in [1.29, 1.82) is 0 Å². The summed E-state index contributed by atoms with van der Waals surface area (Å²) >= 11 is 10.9. The molecule has 0 aromatic heterocycles. The zero-order valence-corrected chi connectivity index (χ0v) is 7.27. The molecule has 12 heavy (non-hydrogen) atoms. The normalized spacial score (nSPS) is 11.8. The lowest BCUT2D eigenvalue weighted by molar-refractivity contribution is 0.321. The molecule has 0 spiro atoms. The van der Waals surface area contributed by atoms with Crippen molar-refractivity contribution in [2.75, 3.05) is 0 Å². The van der Waals surface area contributed by atoms with Crippen LogP contribution in [0.15, 0.2) is 23.4 Å². The Hall–Kier alpha value is -0.800. The van der Waals surface area contributed by atoms with Gasteiger partial charge in [0, 0.05) is 10.6 Å². The summed E-state index contributed by atoms with van der Waals surface area (Å²) in [6, 6.07) is 3.65. The van der Waals surface area contributed by atoms with E-state index in [1.165, 1.54) is 6.07 Å². The van der Waals surface area contributed by atoms with Crippen molar-refractivity contribution in [3.05, 3.63) is 34.6 Å². The summed E-state index contributed by atoms with van der Waals surface area (Å²) in [6.45, 7) is 0. The Labute approximate surface area is 78.2 Å². The molecule has 5 heteroatoms. The molecule has 2 nitrogen and oxygen atoms in total. The Morgan fingerprint density at radius 2 is 2.08 bits per heavy atom. The van der Waals surface area contributed by atoms with E-state index in [0.29, 0.717) is 0 Å². The summed E-state index contributed by atoms with van der Waals surface area (Å²) < 4.78 is 12.6. The van der Waals surface area contributed by atoms with Crippen molar-refractivity contribution in [3.8, 4) is 0 Å². The first kappa shape index (κ1) is 9.29. The summed E-state index contributed by atoms with van der Waals surface area (Å²) in [6.07, 6.45) is 0. The van der Waals surface area contributed by atoms with Crippen molar-refractivity contribution < 1.29 is 9.60 Å². The quantitative estimate of drug-likeness (QED) is 0.429. The van der Waals surface area contributed by atoms with Gasteiger partial charge >= 0.3 is 0 Å². The molecule has 0 aliphatic rings. The highest BCUT2D eigenvalue weighted by molar-refractivity contribution is 6.69. The standard InChI is InChI=1S/C7H4Cl2FNO/c8-5-1-4(7(9)11-12)2-6(10)3-5/h1-3,12H/b11-7-. The van der Waals surface area contributed by atoms with E-state index < -0.39 is 5.82 Å². The van der Waals surface area contributed by atoms with Gasteiger partial charge in [0.1, 0.15) is 5.82 Å². The molecule has 0 fully saturated rings. The van der Waals surface area contributed by atoms with Gasteiger partial charge in [-0.25, -0.2) is 4.39 Å². The fraction of sp³-hybridized carbons (Fsp3) is 0. The number of hydrogen-bond acceptors (Lipinski definition) is 2. The molecule has 64 valence electrons. The fourth-order valence-electron chi connectivity index (χ4n) is 0.731. The highest BCUT2D eigenvalue weighted by Gasteiger charge is 2.03. The van der Waals surface area contributed by atoms with Crippen molar-refractivity contribution in [2.24, 2.45) is 5.16 Å². The third-order valence-electron chi connectivity index (χ3n) is 1.19. The lowest BCUT2D eigenvalue weighted by atomic mass is 10.2. The van der Waals surface area contributed by atoms with E-state index in [2.05, 4.69) is 5.16 Å². The number of nitrogens with zero attached hydrogens (tertiary/aromatic N) is 1. The highest BCUT2D eigenvalue weighted by Crippen LogP contribution is 2.15. The maximum atomic E-state index is 12.6. The number of benzene rings is 1. The van der Waals surface area contributed by atoms with E-state index in [1.807, 2.05) is 0 Å². The molecule has 0 amide bonds. The van der Waals surface area contributed by atoms with Gasteiger partial charge in [-0.2, -0.15) is 0 Å². The molecule has 0 saturated heterocycles. The monoisotopic (exact) mass is 207 g/mol. The highest BCUT2D eigenvalue weighted by atomic mass is 35.5. The molecular weight excluding hydrogens is 204 g/mol. The van der Waals surface area contributed by atoms with Gasteiger partial charge in [0.05, 0.1) is 0 Å². The molecule has 1 aromatic carbocycles. The van der Waals surface area contributed by atoms with Gasteiger partial charge < -0.3 is 5.21 Å². The van der Waals surface area contributed by atoms with Gasteiger partial charge in [-0.15, -0.1) is 0 Å². The third-order valence-corrected chi connectivity index (χ3v) is 1.70. The van der Waals surface area contributed by atoms with Gasteiger partial charge in [0.15, 0.2) is 5.17 Å². The van der Waals surface area contributed by atoms with Crippen LogP contribution in [-0.4, -0.2) is 10.4 Å². The largest absolute Gasteiger partial charge is 0.410 e. The molecule has 0 radical (unpaired) electrons. The molecule has 0 bridgehead atoms. The van der Waals surface area contributed by atoms with Crippen LogP contribution in [0, 0.1) is 5.82 Å². The van der Waals surface area contributed by atoms with Gasteiger partial charge in [-0.05, 0) is 18.2 Å². The first-order valence-corrected chi connectivity index (χ1v) is 3.73. The van der Waals surface area contributed by atoms with Gasteiger partial charge in [0.2, 0.25) is 0 Å². The topological polar surface area (TPSA) is 32.6 Å². The van der Waals surface area contributed by atoms with Crippen LogP contribution in [0.25, 0.3) is 0 Å². The number of halogens is 3. The number of oxime groups is 1. The Balaban J connectivity index is 3.17. The average Bonchev–Trinajstić information content (AvgIpc) is 2.01. The molecule has 1 N–H and O–H groups in total. The van der Waals surface area contributed by atoms with Crippen LogP contribution < -0.4 is 0 Å². The minimum absolute atomic E-state index is 0.198. The molecule has 0 aliphatic carbocycles. The van der Waals surface area contributed by atoms with Crippen LogP contribution >= 0.6 is 23.2 Å². The molecule has 0 aliphatic heterocycles. The molecule has 1 aromatic rings. The number of rotatable bonds is 1. The smallest absolute Gasteiger partial charge is 0.175 e. The van der Waals surface area contributed by atoms with Crippen LogP contribution in [-0.2, 0) is 0 Å². The van der Waals surface area contributed by atoms with Crippen molar-refractivity contribution in [3.63, 3.8) is 0 Å². The van der Waals surface area contributed by atoms with Crippen LogP contribution in [0.2, 0.25) is 5.02 Å². The SMILES string of the molecule is O/N=C(\Cl)c1cc(F)cc(Cl)c1. The molecule has 0 unspecified atom stereocenters. The average molecular weight is 208 g/mol. The van der Waals surface area contributed by atoms with Crippen molar-refractivity contribution in [1.82, 2.24) is 0 Å². The van der Waals surface area contributed by atoms with E-state index >= 15 is 0 Å². The summed E-state index contributed by atoms with van der Waals surface area (Å²) in [5.74, 6) is -0.528. The minimum atomic E-state index is -0.528. The summed E-state index contributed by atoms with van der Waals surface area (Å²) in [5.41, 5.74) is 0.240. The molecule has 1 rings (SSSR count).